The second-order valence-electron chi connectivity index (χ2n) is 3.35. The lowest BCUT2D eigenvalue weighted by atomic mass is 10.2. The van der Waals surface area contributed by atoms with Gasteiger partial charge in [-0.25, -0.2) is 9.78 Å². The monoisotopic (exact) mass is 225 g/mol. The van der Waals surface area contributed by atoms with E-state index in [2.05, 4.69) is 15.0 Å². The number of hydrogen-bond donors (Lipinski definition) is 1. The summed E-state index contributed by atoms with van der Waals surface area (Å²) >= 11 is 0. The van der Waals surface area contributed by atoms with Gasteiger partial charge in [0.15, 0.2) is 11.6 Å². The third kappa shape index (κ3) is 2.05. The van der Waals surface area contributed by atoms with Gasteiger partial charge in [0.05, 0.1) is 13.4 Å². The van der Waals surface area contributed by atoms with Crippen molar-refractivity contribution in [1.82, 2.24) is 9.55 Å². The summed E-state index contributed by atoms with van der Waals surface area (Å²) in [7, 11) is 2.98. The second-order valence-corrected chi connectivity index (χ2v) is 3.35. The molecule has 1 atom stereocenters. The third-order valence-corrected chi connectivity index (χ3v) is 2.32. The van der Waals surface area contributed by atoms with Gasteiger partial charge < -0.3 is 14.6 Å². The summed E-state index contributed by atoms with van der Waals surface area (Å²) in [6.07, 6.45) is 1.45. The minimum absolute atomic E-state index is 0.155. The van der Waals surface area contributed by atoms with Crippen LogP contribution >= 0.6 is 0 Å². The topological polar surface area (TPSA) is 73.2 Å². The number of hydrogen-bond acceptors (Lipinski definition) is 5. The van der Waals surface area contributed by atoms with Crippen molar-refractivity contribution in [2.24, 2.45) is 0 Å². The largest absolute Gasteiger partial charge is 0.467 e. The van der Waals surface area contributed by atoms with E-state index in [4.69, 9.17) is 0 Å². The number of nitrogens with one attached hydrogen (secondary N) is 1. The van der Waals surface area contributed by atoms with Gasteiger partial charge >= 0.3 is 5.97 Å². The number of anilines is 1. The number of ketones is 1. The Labute approximate surface area is 93.6 Å². The molecule has 1 aromatic heterocycles. The number of carbonyl (C=O) groups excluding carboxylic acids is 2. The van der Waals surface area contributed by atoms with Crippen LogP contribution in [-0.2, 0) is 9.53 Å². The van der Waals surface area contributed by atoms with Crippen LogP contribution < -0.4 is 5.32 Å². The Hall–Kier alpha value is -1.85. The molecule has 0 aliphatic rings. The first kappa shape index (κ1) is 12.2. The predicted molar refractivity (Wildman–Crippen MR) is 58.5 cm³/mol. The predicted octanol–water partition coefficient (Wildman–Crippen LogP) is 0.861. The lowest BCUT2D eigenvalue weighted by Crippen LogP contribution is -2.20. The molecule has 88 valence electrons. The zero-order chi connectivity index (χ0) is 12.3. The van der Waals surface area contributed by atoms with Gasteiger partial charge in [-0.3, -0.25) is 4.79 Å². The number of esters is 1. The van der Waals surface area contributed by atoms with E-state index in [1.54, 1.807) is 14.0 Å². The summed E-state index contributed by atoms with van der Waals surface area (Å²) in [5.74, 6) is -0.108. The molecular weight excluding hydrogens is 210 g/mol. The van der Waals surface area contributed by atoms with E-state index in [9.17, 15) is 9.59 Å². The van der Waals surface area contributed by atoms with E-state index < -0.39 is 12.0 Å². The Morgan fingerprint density at radius 1 is 1.56 bits per heavy atom. The SMILES string of the molecule is CNc1ncn(C(C)C(=O)OC)c1C(C)=O. The smallest absolute Gasteiger partial charge is 0.328 e. The van der Waals surface area contributed by atoms with Gasteiger partial charge in [0.1, 0.15) is 11.7 Å². The zero-order valence-corrected chi connectivity index (χ0v) is 9.77. The number of rotatable bonds is 4. The van der Waals surface area contributed by atoms with E-state index >= 15 is 0 Å². The fourth-order valence-electron chi connectivity index (χ4n) is 1.47. The van der Waals surface area contributed by atoms with Crippen LogP contribution in [0.3, 0.4) is 0 Å². The van der Waals surface area contributed by atoms with E-state index in [0.29, 0.717) is 11.5 Å². The highest BCUT2D eigenvalue weighted by Gasteiger charge is 2.22. The fraction of sp³-hybridized carbons (Fsp3) is 0.500. The number of ether oxygens (including phenoxy) is 1. The highest BCUT2D eigenvalue weighted by molar-refractivity contribution is 5.97. The molecule has 0 aliphatic carbocycles. The molecular formula is C10H15N3O3. The van der Waals surface area contributed by atoms with E-state index in [-0.39, 0.29) is 5.78 Å². The quantitative estimate of drug-likeness (QED) is 0.607. The second kappa shape index (κ2) is 4.78. The third-order valence-electron chi connectivity index (χ3n) is 2.32. The number of Topliss-reactive ketones (excluding diaryl/α,β-unsaturated/α-hetero) is 1. The Morgan fingerprint density at radius 2 is 2.19 bits per heavy atom. The zero-order valence-electron chi connectivity index (χ0n) is 9.77. The lowest BCUT2D eigenvalue weighted by molar-refractivity contribution is -0.144. The van der Waals surface area contributed by atoms with Gasteiger partial charge in [-0.15, -0.1) is 0 Å². The number of imidazole rings is 1. The summed E-state index contributed by atoms with van der Waals surface area (Å²) < 4.78 is 6.12. The molecule has 0 fully saturated rings. The van der Waals surface area contributed by atoms with Crippen LogP contribution in [0, 0.1) is 0 Å². The molecule has 1 aromatic rings. The van der Waals surface area contributed by atoms with Crippen molar-refractivity contribution in [3.8, 4) is 0 Å². The number of methoxy groups -OCH3 is 1. The molecule has 1 unspecified atom stereocenters. The fourth-order valence-corrected chi connectivity index (χ4v) is 1.47. The Balaban J connectivity index is 3.18. The molecule has 1 heterocycles. The molecule has 0 aliphatic heterocycles. The molecule has 0 radical (unpaired) electrons. The Morgan fingerprint density at radius 3 is 2.62 bits per heavy atom. The normalized spacial score (nSPS) is 12.0. The van der Waals surface area contributed by atoms with Gasteiger partial charge in [-0.2, -0.15) is 0 Å². The Kier molecular flexibility index (Phi) is 3.65. The van der Waals surface area contributed by atoms with Crippen molar-refractivity contribution >= 4 is 17.6 Å². The van der Waals surface area contributed by atoms with Crippen molar-refractivity contribution in [1.29, 1.82) is 0 Å². The van der Waals surface area contributed by atoms with Crippen molar-refractivity contribution in [2.45, 2.75) is 19.9 Å². The maximum atomic E-state index is 11.5. The first-order valence-electron chi connectivity index (χ1n) is 4.86. The van der Waals surface area contributed by atoms with Gasteiger partial charge in [0, 0.05) is 14.0 Å². The van der Waals surface area contributed by atoms with E-state index in [0.717, 1.165) is 0 Å². The number of carbonyl (C=O) groups is 2. The summed E-state index contributed by atoms with van der Waals surface area (Å²) in [4.78, 5) is 26.9. The van der Waals surface area contributed by atoms with Gasteiger partial charge in [-0.1, -0.05) is 0 Å². The number of aromatic nitrogens is 2. The van der Waals surface area contributed by atoms with Crippen LogP contribution in [0.15, 0.2) is 6.33 Å². The van der Waals surface area contributed by atoms with Crippen LogP contribution in [0.5, 0.6) is 0 Å². The van der Waals surface area contributed by atoms with Crippen molar-refractivity contribution in [3.63, 3.8) is 0 Å². The van der Waals surface area contributed by atoms with Crippen LogP contribution in [0.4, 0.5) is 5.82 Å². The summed E-state index contributed by atoms with van der Waals surface area (Å²) in [5.41, 5.74) is 0.375. The number of nitrogens with zero attached hydrogens (tertiary/aromatic N) is 2. The van der Waals surface area contributed by atoms with Gasteiger partial charge in [-0.05, 0) is 6.92 Å². The first-order valence-corrected chi connectivity index (χ1v) is 4.86. The van der Waals surface area contributed by atoms with E-state index in [1.165, 1.54) is 24.9 Å². The maximum Gasteiger partial charge on any atom is 0.328 e. The molecule has 0 saturated heterocycles. The van der Waals surface area contributed by atoms with Gasteiger partial charge in [0.25, 0.3) is 0 Å². The standard InChI is InChI=1S/C10H15N3O3/c1-6(10(15)16-4)13-5-12-9(11-3)8(13)7(2)14/h5-6,11H,1-4H3. The molecule has 0 saturated carbocycles. The minimum atomic E-state index is -0.571. The minimum Gasteiger partial charge on any atom is -0.467 e. The molecule has 16 heavy (non-hydrogen) atoms. The van der Waals surface area contributed by atoms with Crippen molar-refractivity contribution < 1.29 is 14.3 Å². The average Bonchev–Trinajstić information content (AvgIpc) is 2.70. The first-order chi connectivity index (χ1) is 7.52. The molecule has 0 amide bonds. The summed E-state index contributed by atoms with van der Waals surface area (Å²) in [6.45, 7) is 3.08. The molecule has 1 rings (SSSR count). The molecule has 0 spiro atoms. The van der Waals surface area contributed by atoms with E-state index in [1.807, 2.05) is 0 Å². The molecule has 0 bridgehead atoms. The van der Waals surface area contributed by atoms with Crippen LogP contribution in [0.1, 0.15) is 30.4 Å². The molecule has 1 N–H and O–H groups in total. The van der Waals surface area contributed by atoms with Crippen molar-refractivity contribution in [3.05, 3.63) is 12.0 Å². The lowest BCUT2D eigenvalue weighted by Gasteiger charge is -2.13. The molecule has 6 heteroatoms. The van der Waals surface area contributed by atoms with Crippen molar-refractivity contribution in [2.75, 3.05) is 19.5 Å². The van der Waals surface area contributed by atoms with Gasteiger partial charge in [0.2, 0.25) is 0 Å². The maximum absolute atomic E-state index is 11.5. The average molecular weight is 225 g/mol. The van der Waals surface area contributed by atoms with Crippen LogP contribution in [0.2, 0.25) is 0 Å². The summed E-state index contributed by atoms with van der Waals surface area (Å²) in [5, 5.41) is 2.80. The molecule has 6 nitrogen and oxygen atoms in total. The highest BCUT2D eigenvalue weighted by atomic mass is 16.5. The Bertz CT molecular complexity index is 411. The summed E-state index contributed by atoms with van der Waals surface area (Å²) in [6, 6.07) is -0.571. The highest BCUT2D eigenvalue weighted by Crippen LogP contribution is 2.19. The van der Waals surface area contributed by atoms with Crippen LogP contribution in [-0.4, -0.2) is 35.5 Å². The van der Waals surface area contributed by atoms with Crippen LogP contribution in [0.25, 0.3) is 0 Å². The molecule has 0 aromatic carbocycles.